The van der Waals surface area contributed by atoms with Gasteiger partial charge in [-0.15, -0.1) is 0 Å². The minimum atomic E-state index is -3.61. The van der Waals surface area contributed by atoms with Crippen LogP contribution in [0.4, 0.5) is 5.69 Å². The third-order valence-corrected chi connectivity index (χ3v) is 5.44. The minimum absolute atomic E-state index is 0.0976. The summed E-state index contributed by atoms with van der Waals surface area (Å²) in [7, 11) is -3.61. The molecular weight excluding hydrogens is 380 g/mol. The van der Waals surface area contributed by atoms with Gasteiger partial charge in [0.15, 0.2) is 0 Å². The lowest BCUT2D eigenvalue weighted by atomic mass is 10.1. The molecule has 0 aliphatic carbocycles. The van der Waals surface area contributed by atoms with Crippen molar-refractivity contribution in [2.75, 3.05) is 5.32 Å². The van der Waals surface area contributed by atoms with Crippen molar-refractivity contribution >= 4 is 21.6 Å². The zero-order valence-electron chi connectivity index (χ0n) is 15.6. The highest BCUT2D eigenvalue weighted by Gasteiger charge is 2.17. The van der Waals surface area contributed by atoms with Crippen molar-refractivity contribution in [2.24, 2.45) is 0 Å². The number of benzene rings is 2. The molecule has 8 nitrogen and oxygen atoms in total. The maximum Gasteiger partial charge on any atom is 0.255 e. The molecule has 0 aliphatic heterocycles. The van der Waals surface area contributed by atoms with Gasteiger partial charge in [0.25, 0.3) is 5.91 Å². The van der Waals surface area contributed by atoms with Crippen LogP contribution in [0.3, 0.4) is 0 Å². The summed E-state index contributed by atoms with van der Waals surface area (Å²) in [6, 6.07) is 12.6. The fraction of sp³-hybridized carbons (Fsp3) is 0.211. The van der Waals surface area contributed by atoms with Gasteiger partial charge >= 0.3 is 0 Å². The molecule has 0 spiro atoms. The Morgan fingerprint density at radius 3 is 2.36 bits per heavy atom. The number of aryl methyl sites for hydroxylation is 1. The molecule has 3 rings (SSSR count). The fourth-order valence-electron chi connectivity index (χ4n) is 2.55. The Kier molecular flexibility index (Phi) is 5.57. The van der Waals surface area contributed by atoms with Crippen molar-refractivity contribution in [2.45, 2.75) is 31.7 Å². The molecule has 0 saturated heterocycles. The molecule has 0 saturated carbocycles. The monoisotopic (exact) mass is 400 g/mol. The first-order valence-corrected chi connectivity index (χ1v) is 10.1. The zero-order valence-corrected chi connectivity index (χ0v) is 16.4. The van der Waals surface area contributed by atoms with E-state index < -0.39 is 10.0 Å². The SMILES string of the molecule is Cc1nc(-c2ccccc2NC(=O)c2ccc(S(=O)(=O)NC(C)C)cc2)no1. The number of sulfonamides is 1. The van der Waals surface area contributed by atoms with E-state index in [-0.39, 0.29) is 16.8 Å². The van der Waals surface area contributed by atoms with E-state index in [4.69, 9.17) is 4.52 Å². The van der Waals surface area contributed by atoms with Crippen molar-refractivity contribution in [1.82, 2.24) is 14.9 Å². The highest BCUT2D eigenvalue weighted by atomic mass is 32.2. The fourth-order valence-corrected chi connectivity index (χ4v) is 3.81. The number of nitrogens with one attached hydrogen (secondary N) is 2. The van der Waals surface area contributed by atoms with Crippen molar-refractivity contribution in [3.05, 3.63) is 60.0 Å². The van der Waals surface area contributed by atoms with Crippen LogP contribution in [0.15, 0.2) is 57.9 Å². The van der Waals surface area contributed by atoms with E-state index in [9.17, 15) is 13.2 Å². The molecule has 3 aromatic rings. The van der Waals surface area contributed by atoms with Crippen molar-refractivity contribution in [3.8, 4) is 11.4 Å². The van der Waals surface area contributed by atoms with Gasteiger partial charge in [-0.2, -0.15) is 4.98 Å². The first kappa shape index (κ1) is 19.7. The molecule has 0 atom stereocenters. The number of hydrogen-bond acceptors (Lipinski definition) is 6. The van der Waals surface area contributed by atoms with Crippen LogP contribution >= 0.6 is 0 Å². The molecule has 0 radical (unpaired) electrons. The van der Waals surface area contributed by atoms with Gasteiger partial charge in [-0.1, -0.05) is 17.3 Å². The van der Waals surface area contributed by atoms with E-state index in [0.29, 0.717) is 28.5 Å². The van der Waals surface area contributed by atoms with Crippen LogP contribution in [-0.2, 0) is 10.0 Å². The highest BCUT2D eigenvalue weighted by molar-refractivity contribution is 7.89. The van der Waals surface area contributed by atoms with Gasteiger partial charge < -0.3 is 9.84 Å². The standard InChI is InChI=1S/C19H20N4O4S/c1-12(2)23-28(25,26)15-10-8-14(9-11-15)19(24)21-17-7-5-4-6-16(17)18-20-13(3)27-22-18/h4-12,23H,1-3H3,(H,21,24). The van der Waals surface area contributed by atoms with Crippen molar-refractivity contribution < 1.29 is 17.7 Å². The molecule has 0 bridgehead atoms. The number of hydrogen-bond donors (Lipinski definition) is 2. The Labute approximate surface area is 163 Å². The lowest BCUT2D eigenvalue weighted by Gasteiger charge is -2.11. The van der Waals surface area contributed by atoms with Gasteiger partial charge in [-0.25, -0.2) is 13.1 Å². The molecule has 1 heterocycles. The Morgan fingerprint density at radius 1 is 1.07 bits per heavy atom. The Balaban J connectivity index is 1.81. The summed E-state index contributed by atoms with van der Waals surface area (Å²) in [6.07, 6.45) is 0. The van der Waals surface area contributed by atoms with E-state index in [2.05, 4.69) is 20.2 Å². The predicted molar refractivity (Wildman–Crippen MR) is 104 cm³/mol. The van der Waals surface area contributed by atoms with E-state index in [1.54, 1.807) is 45.0 Å². The van der Waals surface area contributed by atoms with Crippen LogP contribution in [0, 0.1) is 6.92 Å². The number of para-hydroxylation sites is 1. The van der Waals surface area contributed by atoms with Crippen LogP contribution in [0.2, 0.25) is 0 Å². The molecular formula is C19H20N4O4S. The molecule has 28 heavy (non-hydrogen) atoms. The average Bonchev–Trinajstić information content (AvgIpc) is 3.07. The number of anilines is 1. The first-order valence-electron chi connectivity index (χ1n) is 8.60. The molecule has 0 unspecified atom stereocenters. The summed E-state index contributed by atoms with van der Waals surface area (Å²) in [5.74, 6) is 0.408. The number of carbonyl (C=O) groups excluding carboxylic acids is 1. The van der Waals surface area contributed by atoms with Gasteiger partial charge in [0, 0.05) is 24.1 Å². The molecule has 1 aromatic heterocycles. The molecule has 146 valence electrons. The molecule has 1 amide bonds. The number of rotatable bonds is 6. The maximum atomic E-state index is 12.6. The second kappa shape index (κ2) is 7.91. The maximum absolute atomic E-state index is 12.6. The summed E-state index contributed by atoms with van der Waals surface area (Å²) in [5.41, 5.74) is 1.46. The summed E-state index contributed by atoms with van der Waals surface area (Å²) >= 11 is 0. The minimum Gasteiger partial charge on any atom is -0.339 e. The third-order valence-electron chi connectivity index (χ3n) is 3.76. The van der Waals surface area contributed by atoms with E-state index in [1.807, 2.05) is 0 Å². The summed E-state index contributed by atoms with van der Waals surface area (Å²) in [4.78, 5) is 16.9. The van der Waals surface area contributed by atoms with E-state index >= 15 is 0 Å². The van der Waals surface area contributed by atoms with Gasteiger partial charge in [-0.3, -0.25) is 4.79 Å². The molecule has 2 aromatic carbocycles. The molecule has 2 N–H and O–H groups in total. The Morgan fingerprint density at radius 2 is 1.75 bits per heavy atom. The zero-order chi connectivity index (χ0) is 20.3. The smallest absolute Gasteiger partial charge is 0.255 e. The largest absolute Gasteiger partial charge is 0.339 e. The van der Waals surface area contributed by atoms with Gasteiger partial charge in [-0.05, 0) is 50.2 Å². The van der Waals surface area contributed by atoms with Crippen LogP contribution in [0.25, 0.3) is 11.4 Å². The summed E-state index contributed by atoms with van der Waals surface area (Å²) in [6.45, 7) is 5.16. The number of nitrogens with zero attached hydrogens (tertiary/aromatic N) is 2. The Hall–Kier alpha value is -3.04. The van der Waals surface area contributed by atoms with E-state index in [1.165, 1.54) is 24.3 Å². The van der Waals surface area contributed by atoms with Crippen LogP contribution in [0.1, 0.15) is 30.1 Å². The lowest BCUT2D eigenvalue weighted by Crippen LogP contribution is -2.30. The quantitative estimate of drug-likeness (QED) is 0.657. The van der Waals surface area contributed by atoms with Crippen LogP contribution in [-0.4, -0.2) is 30.5 Å². The Bertz CT molecular complexity index is 1090. The lowest BCUT2D eigenvalue weighted by molar-refractivity contribution is 0.102. The second-order valence-corrected chi connectivity index (χ2v) is 8.15. The highest BCUT2D eigenvalue weighted by Crippen LogP contribution is 2.26. The first-order chi connectivity index (χ1) is 13.3. The van der Waals surface area contributed by atoms with Crippen LogP contribution < -0.4 is 10.0 Å². The number of aromatic nitrogens is 2. The molecule has 9 heteroatoms. The van der Waals surface area contributed by atoms with Crippen molar-refractivity contribution in [1.29, 1.82) is 0 Å². The molecule has 0 fully saturated rings. The number of amides is 1. The van der Waals surface area contributed by atoms with E-state index in [0.717, 1.165) is 0 Å². The summed E-state index contributed by atoms with van der Waals surface area (Å²) < 4.78 is 31.9. The third kappa shape index (κ3) is 4.44. The van der Waals surface area contributed by atoms with Crippen LogP contribution in [0.5, 0.6) is 0 Å². The van der Waals surface area contributed by atoms with Gasteiger partial charge in [0.1, 0.15) is 0 Å². The van der Waals surface area contributed by atoms with Gasteiger partial charge in [0.05, 0.1) is 10.6 Å². The average molecular weight is 400 g/mol. The number of carbonyl (C=O) groups is 1. The normalized spacial score (nSPS) is 11.6. The van der Waals surface area contributed by atoms with Crippen molar-refractivity contribution in [3.63, 3.8) is 0 Å². The predicted octanol–water partition coefficient (Wildman–Crippen LogP) is 2.98. The summed E-state index contributed by atoms with van der Waals surface area (Å²) in [5, 5.41) is 6.68. The van der Waals surface area contributed by atoms with Gasteiger partial charge in [0.2, 0.25) is 21.7 Å². The second-order valence-electron chi connectivity index (χ2n) is 6.44. The molecule has 0 aliphatic rings. The topological polar surface area (TPSA) is 114 Å².